The van der Waals surface area contributed by atoms with E-state index in [0.717, 1.165) is 12.1 Å². The number of halogens is 2. The number of sulfonamides is 2. The first-order chi connectivity index (χ1) is 37.8. The van der Waals surface area contributed by atoms with Crippen LogP contribution < -0.4 is 30.3 Å². The van der Waals surface area contributed by atoms with Gasteiger partial charge in [0.25, 0.3) is 20.0 Å². The molecule has 0 spiro atoms. The molecule has 1 unspecified atom stereocenters. The maximum atomic E-state index is 13.2. The Balaban J connectivity index is 0.000000209. The van der Waals surface area contributed by atoms with Crippen molar-refractivity contribution in [3.05, 3.63) is 180 Å². The van der Waals surface area contributed by atoms with Crippen molar-refractivity contribution in [3.63, 3.8) is 0 Å². The summed E-state index contributed by atoms with van der Waals surface area (Å²) >= 11 is 0. The van der Waals surface area contributed by atoms with E-state index in [-0.39, 0.29) is 69.2 Å². The van der Waals surface area contributed by atoms with Gasteiger partial charge in [-0.2, -0.15) is 0 Å². The molecule has 6 aromatic carbocycles. The second kappa shape index (κ2) is 27.5. The maximum absolute atomic E-state index is 13.2. The third-order valence-corrected chi connectivity index (χ3v) is 15.5. The highest BCUT2D eigenvalue weighted by atomic mass is 32.2. The van der Waals surface area contributed by atoms with Crippen molar-refractivity contribution in [1.29, 1.82) is 0 Å². The van der Waals surface area contributed by atoms with Crippen LogP contribution in [0.1, 0.15) is 68.2 Å². The lowest BCUT2D eigenvalue weighted by Crippen LogP contribution is -2.45. The van der Waals surface area contributed by atoms with Crippen molar-refractivity contribution < 1.29 is 54.6 Å². The van der Waals surface area contributed by atoms with E-state index in [2.05, 4.69) is 14.8 Å². The van der Waals surface area contributed by atoms with Crippen LogP contribution in [0, 0.1) is 11.6 Å². The van der Waals surface area contributed by atoms with E-state index in [9.17, 15) is 49.9 Å². The van der Waals surface area contributed by atoms with Gasteiger partial charge in [-0.05, 0) is 145 Å². The Hall–Kier alpha value is -7.60. The fourth-order valence-electron chi connectivity index (χ4n) is 8.14. The normalized spacial score (nSPS) is 14.2. The number of nitrogens with two attached hydrogens (primary N) is 1. The highest BCUT2D eigenvalue weighted by Crippen LogP contribution is 2.25. The molecule has 426 valence electrons. The quantitative estimate of drug-likeness (QED) is 0.0317. The summed E-state index contributed by atoms with van der Waals surface area (Å²) in [5.74, 6) is -1.46. The van der Waals surface area contributed by atoms with Gasteiger partial charge in [0.05, 0.1) is 16.3 Å². The molecule has 8 rings (SSSR count). The lowest BCUT2D eigenvalue weighted by molar-refractivity contribution is -0.0674. The van der Waals surface area contributed by atoms with E-state index in [1.807, 2.05) is 27.7 Å². The molecule has 6 N–H and O–H groups in total. The van der Waals surface area contributed by atoms with E-state index >= 15 is 0 Å². The number of aliphatic hydroxyl groups is 1. The van der Waals surface area contributed by atoms with Gasteiger partial charge in [0.15, 0.2) is 5.78 Å². The molecule has 1 atom stereocenters. The number of carbonyl (C=O) groups is 4. The van der Waals surface area contributed by atoms with Crippen LogP contribution in [0.3, 0.4) is 0 Å². The summed E-state index contributed by atoms with van der Waals surface area (Å²) in [5, 5.41) is 12.8. The number of ketones is 2. The lowest BCUT2D eigenvalue weighted by atomic mass is 9.99. The van der Waals surface area contributed by atoms with Crippen LogP contribution in [0.25, 0.3) is 0 Å². The molecule has 2 aliphatic rings. The Morgan fingerprint density at radius 3 is 1.48 bits per heavy atom. The molecule has 2 heterocycles. The van der Waals surface area contributed by atoms with Crippen LogP contribution >= 0.6 is 0 Å². The molecule has 0 bridgehead atoms. The number of benzene rings is 6. The van der Waals surface area contributed by atoms with Gasteiger partial charge in [-0.1, -0.05) is 60.7 Å². The standard InChI is InChI=1S/C28H31FN4O4S.C16H17NO5S.C14H20FN3O/c1-28(2,15-16-32-17-18-33(27(32)35)24-13-11-22(29)12-14-24)30-20-26(34)21-7-6-8-23(19-21)31-38(36,37)25-9-4-3-5-10-25;1-2-22-16(19)15(18)12-7-6-8-13(11-12)17-23(20,21)14-9-4-3-5-10-14;1-14(2,16)7-8-17-9-10-18(13(17)19)12-5-3-11(15)4-6-12/h3-14,19,30-31H,15-18,20H2,1-2H3;3-11,16-17,19H,2H2,1H3;3-6H,7-10,16H2,1-2H3. The SMILES string of the molecule is CC(C)(CCN1CCN(c2ccc(F)cc2)C1=O)NCC(=O)c1cccc(NS(=O)(=O)c2ccccc2)c1.CC(C)(N)CCN1CCN(c2ccc(F)cc2)C1=O.CCOC(O)C(=O)c1cccc(NS(=O)(=O)c2ccccc2)c1. The van der Waals surface area contributed by atoms with Crippen molar-refractivity contribution in [2.75, 3.05) is 71.7 Å². The highest BCUT2D eigenvalue weighted by molar-refractivity contribution is 7.93. The van der Waals surface area contributed by atoms with Gasteiger partial charge < -0.3 is 30.7 Å². The van der Waals surface area contributed by atoms with Crippen LogP contribution in [0.5, 0.6) is 0 Å². The van der Waals surface area contributed by atoms with Gasteiger partial charge in [-0.25, -0.2) is 35.2 Å². The Bertz CT molecular complexity index is 3280. The lowest BCUT2D eigenvalue weighted by Gasteiger charge is -2.28. The smallest absolute Gasteiger partial charge is 0.324 e. The molecule has 2 aliphatic heterocycles. The average molecular weight is 1140 g/mol. The topological polar surface area (TPSA) is 241 Å². The summed E-state index contributed by atoms with van der Waals surface area (Å²) in [6.07, 6.45) is -0.197. The maximum Gasteiger partial charge on any atom is 0.324 e. The number of aliphatic hydroxyl groups excluding tert-OH is 1. The molecule has 6 aromatic rings. The van der Waals surface area contributed by atoms with Gasteiger partial charge in [-0.15, -0.1) is 0 Å². The first-order valence-electron chi connectivity index (χ1n) is 25.8. The number of anilines is 4. The molecule has 0 saturated carbocycles. The van der Waals surface area contributed by atoms with Gasteiger partial charge in [0.2, 0.25) is 12.1 Å². The van der Waals surface area contributed by atoms with Crippen molar-refractivity contribution in [3.8, 4) is 0 Å². The van der Waals surface area contributed by atoms with Gasteiger partial charge in [-0.3, -0.25) is 28.8 Å². The molecule has 2 fully saturated rings. The van der Waals surface area contributed by atoms with E-state index in [4.69, 9.17) is 10.5 Å². The number of ether oxygens (including phenoxy) is 1. The molecule has 22 heteroatoms. The number of hydrogen-bond acceptors (Lipinski definition) is 12. The first-order valence-corrected chi connectivity index (χ1v) is 28.7. The Kier molecular flexibility index (Phi) is 21.2. The number of rotatable bonds is 22. The fraction of sp³-hybridized carbons (Fsp3) is 0.310. The minimum absolute atomic E-state index is 0.0316. The summed E-state index contributed by atoms with van der Waals surface area (Å²) in [6, 6.07) is 39.9. The third-order valence-electron chi connectivity index (χ3n) is 12.7. The summed E-state index contributed by atoms with van der Waals surface area (Å²) in [5.41, 5.74) is 7.68. The first kappa shape index (κ1) is 61.6. The summed E-state index contributed by atoms with van der Waals surface area (Å²) in [6.45, 7) is 13.3. The molecule has 0 aliphatic carbocycles. The van der Waals surface area contributed by atoms with Crippen LogP contribution in [0.15, 0.2) is 168 Å². The fourth-order valence-corrected chi connectivity index (χ4v) is 10.3. The third kappa shape index (κ3) is 18.0. The summed E-state index contributed by atoms with van der Waals surface area (Å²) < 4.78 is 85.5. The molecular formula is C58H68F2N8O10S2. The van der Waals surface area contributed by atoms with Gasteiger partial charge >= 0.3 is 12.1 Å². The van der Waals surface area contributed by atoms with Crippen LogP contribution in [-0.4, -0.2) is 125 Å². The second-order valence-electron chi connectivity index (χ2n) is 20.1. The number of amides is 4. The Morgan fingerprint density at radius 1 is 0.613 bits per heavy atom. The highest BCUT2D eigenvalue weighted by Gasteiger charge is 2.32. The van der Waals surface area contributed by atoms with E-state index in [1.165, 1.54) is 78.9 Å². The number of nitrogens with one attached hydrogen (secondary N) is 3. The zero-order valence-electron chi connectivity index (χ0n) is 45.2. The number of hydrogen-bond donors (Lipinski definition) is 5. The molecule has 0 aromatic heterocycles. The van der Waals surface area contributed by atoms with Crippen LogP contribution in [-0.2, 0) is 24.8 Å². The van der Waals surface area contributed by atoms with Crippen molar-refractivity contribution in [1.82, 2.24) is 15.1 Å². The average Bonchev–Trinajstić information content (AvgIpc) is 4.00. The molecule has 2 saturated heterocycles. The second-order valence-corrected chi connectivity index (χ2v) is 23.5. The number of carbonyl (C=O) groups excluding carboxylic acids is 4. The molecule has 18 nitrogen and oxygen atoms in total. The number of nitrogens with zero attached hydrogens (tertiary/aromatic N) is 4. The minimum Gasteiger partial charge on any atom is -0.362 e. The Labute approximate surface area is 466 Å². The summed E-state index contributed by atoms with van der Waals surface area (Å²) in [7, 11) is -7.51. The Morgan fingerprint density at radius 2 is 1.04 bits per heavy atom. The molecule has 4 amide bonds. The largest absolute Gasteiger partial charge is 0.362 e. The number of urea groups is 2. The minimum atomic E-state index is -3.76. The van der Waals surface area contributed by atoms with Crippen LogP contribution in [0.4, 0.5) is 41.1 Å². The number of Topliss-reactive ketones (excluding diaryl/α,β-unsaturated/α-hetero) is 2. The zero-order valence-corrected chi connectivity index (χ0v) is 46.9. The predicted octanol–water partition coefficient (Wildman–Crippen LogP) is 8.73. The van der Waals surface area contributed by atoms with Crippen molar-refractivity contribution >= 4 is 66.4 Å². The molecule has 80 heavy (non-hydrogen) atoms. The van der Waals surface area contributed by atoms with Crippen molar-refractivity contribution in [2.45, 2.75) is 74.6 Å². The van der Waals surface area contributed by atoms with E-state index < -0.39 is 37.7 Å². The van der Waals surface area contributed by atoms with Crippen LogP contribution in [0.2, 0.25) is 0 Å². The van der Waals surface area contributed by atoms with E-state index in [1.54, 1.807) is 105 Å². The van der Waals surface area contributed by atoms with Gasteiger partial charge in [0, 0.05) is 90.8 Å². The summed E-state index contributed by atoms with van der Waals surface area (Å²) in [4.78, 5) is 57.0. The van der Waals surface area contributed by atoms with Crippen molar-refractivity contribution in [2.24, 2.45) is 5.73 Å². The predicted molar refractivity (Wildman–Crippen MR) is 305 cm³/mol. The molecular weight excluding hydrogens is 1070 g/mol. The van der Waals surface area contributed by atoms with E-state index in [0.29, 0.717) is 62.6 Å². The van der Waals surface area contributed by atoms with Gasteiger partial charge in [0.1, 0.15) is 11.6 Å². The molecule has 0 radical (unpaired) electrons. The monoisotopic (exact) mass is 1140 g/mol. The zero-order chi connectivity index (χ0) is 58.3.